The molecule has 6 heteroatoms. The van der Waals surface area contributed by atoms with Gasteiger partial charge in [0.05, 0.1) is 6.61 Å². The lowest BCUT2D eigenvalue weighted by Gasteiger charge is -2.08. The number of hydrogen-bond acceptors (Lipinski definition) is 5. The lowest BCUT2D eigenvalue weighted by atomic mass is 10.5. The molecule has 1 aliphatic rings. The Kier molecular flexibility index (Phi) is 9.84. The first-order valence-corrected chi connectivity index (χ1v) is 6.18. The van der Waals surface area contributed by atoms with E-state index in [4.69, 9.17) is 5.11 Å². The maximum Gasteiger partial charge on any atom is 0.330 e. The van der Waals surface area contributed by atoms with Gasteiger partial charge in [-0.2, -0.15) is 11.8 Å². The van der Waals surface area contributed by atoms with Crippen LogP contribution in [0.3, 0.4) is 0 Å². The monoisotopic (exact) mass is 247 g/mol. The van der Waals surface area contributed by atoms with Gasteiger partial charge in [0.25, 0.3) is 0 Å². The standard InChI is InChI=1S/C6H8O4.C4H9NS/c1-2-10-6(9)4-3-5(7)8;1-3-6-4-2-5-1/h3-4H,2H2,1H3,(H,7,8);5H,1-4H2/b4-3+;. The lowest BCUT2D eigenvalue weighted by molar-refractivity contribution is -0.138. The van der Waals surface area contributed by atoms with Crippen LogP contribution in [-0.2, 0) is 14.3 Å². The number of esters is 1. The molecule has 1 aliphatic heterocycles. The van der Waals surface area contributed by atoms with Crippen LogP contribution < -0.4 is 5.32 Å². The highest BCUT2D eigenvalue weighted by molar-refractivity contribution is 7.99. The third kappa shape index (κ3) is 11.1. The van der Waals surface area contributed by atoms with Crippen LogP contribution in [0.25, 0.3) is 0 Å². The van der Waals surface area contributed by atoms with E-state index in [2.05, 4.69) is 10.1 Å². The molecular weight excluding hydrogens is 230 g/mol. The molecule has 0 unspecified atom stereocenters. The molecule has 0 aromatic rings. The first-order valence-electron chi connectivity index (χ1n) is 5.03. The summed E-state index contributed by atoms with van der Waals surface area (Å²) in [6.45, 7) is 4.32. The summed E-state index contributed by atoms with van der Waals surface area (Å²) in [4.78, 5) is 20.2. The van der Waals surface area contributed by atoms with Gasteiger partial charge in [-0.1, -0.05) is 0 Å². The molecule has 92 valence electrons. The van der Waals surface area contributed by atoms with Crippen LogP contribution in [0, 0.1) is 0 Å². The number of nitrogens with one attached hydrogen (secondary N) is 1. The molecule has 0 saturated carbocycles. The number of carbonyl (C=O) groups is 2. The highest BCUT2D eigenvalue weighted by Crippen LogP contribution is 1.99. The fourth-order valence-electron chi connectivity index (χ4n) is 0.845. The van der Waals surface area contributed by atoms with Gasteiger partial charge >= 0.3 is 11.9 Å². The Bertz CT molecular complexity index is 227. The highest BCUT2D eigenvalue weighted by Gasteiger charge is 1.94. The van der Waals surface area contributed by atoms with E-state index in [1.165, 1.54) is 24.6 Å². The van der Waals surface area contributed by atoms with E-state index >= 15 is 0 Å². The van der Waals surface area contributed by atoms with Gasteiger partial charge < -0.3 is 15.2 Å². The van der Waals surface area contributed by atoms with Crippen molar-refractivity contribution >= 4 is 23.7 Å². The van der Waals surface area contributed by atoms with Crippen molar-refractivity contribution in [2.75, 3.05) is 31.2 Å². The number of carbonyl (C=O) groups excluding carboxylic acids is 1. The number of carboxylic acid groups (broad SMARTS) is 1. The summed E-state index contributed by atoms with van der Waals surface area (Å²) < 4.78 is 4.40. The maximum atomic E-state index is 10.4. The Hall–Kier alpha value is -1.01. The summed E-state index contributed by atoms with van der Waals surface area (Å²) >= 11 is 2.03. The first-order chi connectivity index (χ1) is 7.66. The lowest BCUT2D eigenvalue weighted by Crippen LogP contribution is -2.24. The number of rotatable bonds is 3. The number of thioether (sulfide) groups is 1. The van der Waals surface area contributed by atoms with Crippen molar-refractivity contribution < 1.29 is 19.4 Å². The molecule has 0 aromatic carbocycles. The van der Waals surface area contributed by atoms with Crippen LogP contribution in [0.2, 0.25) is 0 Å². The second kappa shape index (κ2) is 10.5. The minimum absolute atomic E-state index is 0.253. The molecule has 2 N–H and O–H groups in total. The molecule has 1 heterocycles. The molecule has 16 heavy (non-hydrogen) atoms. The number of hydrogen-bond donors (Lipinski definition) is 2. The van der Waals surface area contributed by atoms with Crippen molar-refractivity contribution in [3.05, 3.63) is 12.2 Å². The zero-order valence-corrected chi connectivity index (χ0v) is 10.1. The van der Waals surface area contributed by atoms with Crippen molar-refractivity contribution in [2.45, 2.75) is 6.92 Å². The summed E-state index contributed by atoms with van der Waals surface area (Å²) in [5.74, 6) is 0.818. The van der Waals surface area contributed by atoms with E-state index in [-0.39, 0.29) is 6.61 Å². The average molecular weight is 247 g/mol. The van der Waals surface area contributed by atoms with Crippen molar-refractivity contribution in [1.29, 1.82) is 0 Å². The Balaban J connectivity index is 0.000000315. The highest BCUT2D eigenvalue weighted by atomic mass is 32.2. The predicted octanol–water partition coefficient (Wildman–Crippen LogP) is 0.513. The van der Waals surface area contributed by atoms with Gasteiger partial charge in [0.1, 0.15) is 0 Å². The van der Waals surface area contributed by atoms with Gasteiger partial charge in [0, 0.05) is 36.7 Å². The second-order valence-corrected chi connectivity index (χ2v) is 4.01. The Labute approximate surface area is 99.2 Å². The summed E-state index contributed by atoms with van der Waals surface area (Å²) in [5, 5.41) is 11.3. The van der Waals surface area contributed by atoms with Crippen molar-refractivity contribution in [1.82, 2.24) is 5.32 Å². The minimum atomic E-state index is -1.16. The summed E-state index contributed by atoms with van der Waals surface area (Å²) in [7, 11) is 0. The zero-order valence-electron chi connectivity index (χ0n) is 9.27. The predicted molar refractivity (Wildman–Crippen MR) is 63.6 cm³/mol. The SMILES string of the molecule is C1CSCCN1.CCOC(=O)/C=C/C(=O)O. The van der Waals surface area contributed by atoms with Crippen LogP contribution in [0.1, 0.15) is 6.92 Å². The van der Waals surface area contributed by atoms with Crippen LogP contribution in [0.15, 0.2) is 12.2 Å². The molecule has 0 atom stereocenters. The Morgan fingerprint density at radius 1 is 1.38 bits per heavy atom. The summed E-state index contributed by atoms with van der Waals surface area (Å²) in [6, 6.07) is 0. The molecule has 1 saturated heterocycles. The number of aliphatic carboxylic acids is 1. The fourth-order valence-corrected chi connectivity index (χ4v) is 1.63. The Morgan fingerprint density at radius 2 is 2.00 bits per heavy atom. The average Bonchev–Trinajstić information content (AvgIpc) is 2.30. The zero-order chi connectivity index (χ0) is 12.2. The molecule has 1 fully saturated rings. The molecule has 0 amide bonds. The molecule has 0 aliphatic carbocycles. The van der Waals surface area contributed by atoms with E-state index in [0.717, 1.165) is 12.2 Å². The molecule has 0 spiro atoms. The van der Waals surface area contributed by atoms with Gasteiger partial charge in [0.15, 0.2) is 0 Å². The van der Waals surface area contributed by atoms with E-state index < -0.39 is 11.9 Å². The molecule has 0 bridgehead atoms. The van der Waals surface area contributed by atoms with Gasteiger partial charge in [-0.05, 0) is 6.92 Å². The first kappa shape index (κ1) is 15.0. The van der Waals surface area contributed by atoms with E-state index in [1.54, 1.807) is 6.92 Å². The number of carboxylic acids is 1. The van der Waals surface area contributed by atoms with Crippen LogP contribution in [-0.4, -0.2) is 48.2 Å². The van der Waals surface area contributed by atoms with Crippen molar-refractivity contribution in [2.24, 2.45) is 0 Å². The Morgan fingerprint density at radius 3 is 2.31 bits per heavy atom. The molecular formula is C10H17NO4S. The van der Waals surface area contributed by atoms with Gasteiger partial charge in [-0.25, -0.2) is 9.59 Å². The smallest absolute Gasteiger partial charge is 0.330 e. The van der Waals surface area contributed by atoms with E-state index in [9.17, 15) is 9.59 Å². The quantitative estimate of drug-likeness (QED) is 0.559. The van der Waals surface area contributed by atoms with Gasteiger partial charge in [0.2, 0.25) is 0 Å². The topological polar surface area (TPSA) is 75.6 Å². The van der Waals surface area contributed by atoms with Gasteiger partial charge in [-0.3, -0.25) is 0 Å². The van der Waals surface area contributed by atoms with Crippen LogP contribution in [0.4, 0.5) is 0 Å². The molecule has 5 nitrogen and oxygen atoms in total. The summed E-state index contributed by atoms with van der Waals surface area (Å²) in [6.07, 6.45) is 1.60. The van der Waals surface area contributed by atoms with E-state index in [1.807, 2.05) is 11.8 Å². The van der Waals surface area contributed by atoms with Gasteiger partial charge in [-0.15, -0.1) is 0 Å². The number of ether oxygens (including phenoxy) is 1. The van der Waals surface area contributed by atoms with Crippen LogP contribution >= 0.6 is 11.8 Å². The fraction of sp³-hybridized carbons (Fsp3) is 0.600. The van der Waals surface area contributed by atoms with E-state index in [0.29, 0.717) is 0 Å². The maximum absolute atomic E-state index is 10.4. The van der Waals surface area contributed by atoms with Crippen LogP contribution in [0.5, 0.6) is 0 Å². The largest absolute Gasteiger partial charge is 0.478 e. The third-order valence-corrected chi connectivity index (χ3v) is 2.48. The second-order valence-electron chi connectivity index (χ2n) is 2.79. The molecule has 1 rings (SSSR count). The van der Waals surface area contributed by atoms with Crippen molar-refractivity contribution in [3.63, 3.8) is 0 Å². The summed E-state index contributed by atoms with van der Waals surface area (Å²) in [5.41, 5.74) is 0. The third-order valence-electron chi connectivity index (χ3n) is 1.49. The van der Waals surface area contributed by atoms with Crippen molar-refractivity contribution in [3.8, 4) is 0 Å². The minimum Gasteiger partial charge on any atom is -0.478 e. The molecule has 0 aromatic heterocycles. The molecule has 0 radical (unpaired) electrons. The normalized spacial score (nSPS) is 15.1.